The first-order valence-corrected chi connectivity index (χ1v) is 9.01. The minimum Gasteiger partial charge on any atom is -0.406 e. The van der Waals surface area contributed by atoms with E-state index in [2.05, 4.69) is 20.0 Å². The van der Waals surface area contributed by atoms with Crippen LogP contribution in [0.15, 0.2) is 47.6 Å². The van der Waals surface area contributed by atoms with Crippen molar-refractivity contribution in [2.24, 2.45) is 4.99 Å². The molecule has 2 aliphatic rings. The van der Waals surface area contributed by atoms with Gasteiger partial charge < -0.3 is 15.0 Å². The number of hydrogen-bond acceptors (Lipinski definition) is 6. The fourth-order valence-electron chi connectivity index (χ4n) is 3.22. The van der Waals surface area contributed by atoms with E-state index in [9.17, 15) is 22.8 Å². The summed E-state index contributed by atoms with van der Waals surface area (Å²) in [4.78, 5) is 36.0. The Balaban J connectivity index is 1.47. The van der Waals surface area contributed by atoms with Gasteiger partial charge >= 0.3 is 12.4 Å². The van der Waals surface area contributed by atoms with Gasteiger partial charge in [-0.3, -0.25) is 14.8 Å². The molecule has 1 aromatic heterocycles. The van der Waals surface area contributed by atoms with Gasteiger partial charge in [0.2, 0.25) is 0 Å². The van der Waals surface area contributed by atoms with Crippen LogP contribution in [0, 0.1) is 0 Å². The predicted molar refractivity (Wildman–Crippen MR) is 100 cm³/mol. The highest BCUT2D eigenvalue weighted by molar-refractivity contribution is 6.19. The number of urea groups is 1. The lowest BCUT2D eigenvalue weighted by Gasteiger charge is -2.18. The number of carbonyl (C=O) groups excluding carboxylic acids is 2. The summed E-state index contributed by atoms with van der Waals surface area (Å²) in [6.07, 6.45) is -3.22. The van der Waals surface area contributed by atoms with Gasteiger partial charge in [-0.15, -0.1) is 13.2 Å². The van der Waals surface area contributed by atoms with Gasteiger partial charge in [0.25, 0.3) is 5.91 Å². The topological polar surface area (TPSA) is 87.1 Å². The number of pyridine rings is 1. The molecule has 0 aliphatic carbocycles. The summed E-state index contributed by atoms with van der Waals surface area (Å²) in [6, 6.07) is 7.54. The molecular weight excluding hydrogens is 403 g/mol. The van der Waals surface area contributed by atoms with E-state index < -0.39 is 24.1 Å². The normalized spacial score (nSPS) is 16.7. The van der Waals surface area contributed by atoms with Gasteiger partial charge in [-0.05, 0) is 42.0 Å². The van der Waals surface area contributed by atoms with Gasteiger partial charge in [0.05, 0.1) is 12.2 Å². The number of ether oxygens (including phenoxy) is 1. The molecule has 1 N–H and O–H groups in total. The molecule has 0 radical (unpaired) electrons. The maximum atomic E-state index is 12.7. The van der Waals surface area contributed by atoms with Crippen molar-refractivity contribution < 1.29 is 27.5 Å². The standard InChI is InChI=1S/C19H16F3N5O3/c20-19(21,22)30-14-3-1-13(2-4-14)27-16(28)11-26(18(27)29)10-12-5-6-23-15(9-12)17-24-7-8-25-17/h1-6,9H,7-8,10-11H2,(H,24,25). The maximum Gasteiger partial charge on any atom is 0.573 e. The molecule has 1 fully saturated rings. The van der Waals surface area contributed by atoms with E-state index >= 15 is 0 Å². The van der Waals surface area contributed by atoms with Crippen molar-refractivity contribution in [2.75, 3.05) is 24.5 Å². The maximum absolute atomic E-state index is 12.7. The predicted octanol–water partition coefficient (Wildman–Crippen LogP) is 2.30. The van der Waals surface area contributed by atoms with Crippen LogP contribution in [-0.4, -0.2) is 53.7 Å². The third-order valence-corrected chi connectivity index (χ3v) is 4.48. The van der Waals surface area contributed by atoms with Crippen LogP contribution in [-0.2, 0) is 11.3 Å². The quantitative estimate of drug-likeness (QED) is 0.752. The summed E-state index contributed by atoms with van der Waals surface area (Å²) in [5, 5.41) is 3.12. The van der Waals surface area contributed by atoms with Crippen molar-refractivity contribution in [3.05, 3.63) is 53.9 Å². The molecular formula is C19H16F3N5O3. The number of alkyl halides is 3. The molecule has 2 aliphatic heterocycles. The highest BCUT2D eigenvalue weighted by atomic mass is 19.4. The zero-order valence-electron chi connectivity index (χ0n) is 15.5. The highest BCUT2D eigenvalue weighted by Gasteiger charge is 2.37. The van der Waals surface area contributed by atoms with Gasteiger partial charge in [0.15, 0.2) is 0 Å². The molecule has 0 unspecified atom stereocenters. The second-order valence-electron chi connectivity index (χ2n) is 6.62. The smallest absolute Gasteiger partial charge is 0.406 e. The van der Waals surface area contributed by atoms with Crippen molar-refractivity contribution in [2.45, 2.75) is 12.9 Å². The van der Waals surface area contributed by atoms with Crippen LogP contribution in [0.2, 0.25) is 0 Å². The number of carbonyl (C=O) groups is 2. The number of nitrogens with one attached hydrogen (secondary N) is 1. The third-order valence-electron chi connectivity index (χ3n) is 4.48. The second kappa shape index (κ2) is 7.65. The number of hydrogen-bond donors (Lipinski definition) is 1. The molecule has 1 saturated heterocycles. The molecule has 4 rings (SSSR count). The molecule has 8 nitrogen and oxygen atoms in total. The molecule has 0 atom stereocenters. The van der Waals surface area contributed by atoms with Gasteiger partial charge in [0.1, 0.15) is 23.8 Å². The molecule has 2 aromatic rings. The monoisotopic (exact) mass is 419 g/mol. The van der Waals surface area contributed by atoms with E-state index in [0.29, 0.717) is 18.1 Å². The molecule has 0 saturated carbocycles. The summed E-state index contributed by atoms with van der Waals surface area (Å²) in [6.45, 7) is 1.44. The van der Waals surface area contributed by atoms with Crippen LogP contribution in [0.25, 0.3) is 0 Å². The number of halogens is 3. The minimum atomic E-state index is -4.82. The van der Waals surface area contributed by atoms with Gasteiger partial charge in [-0.25, -0.2) is 9.69 Å². The molecule has 1 aromatic carbocycles. The van der Waals surface area contributed by atoms with E-state index in [1.54, 1.807) is 18.3 Å². The molecule has 0 bridgehead atoms. The van der Waals surface area contributed by atoms with Crippen LogP contribution < -0.4 is 15.0 Å². The third kappa shape index (κ3) is 4.19. The number of anilines is 1. The Hall–Kier alpha value is -3.63. The van der Waals surface area contributed by atoms with Crippen molar-refractivity contribution >= 4 is 23.5 Å². The number of aromatic nitrogens is 1. The van der Waals surface area contributed by atoms with E-state index in [1.165, 1.54) is 17.0 Å². The van der Waals surface area contributed by atoms with Crippen molar-refractivity contribution in [1.29, 1.82) is 0 Å². The Labute approximate surface area is 169 Å². The number of amidine groups is 1. The fraction of sp³-hybridized carbons (Fsp3) is 0.263. The lowest BCUT2D eigenvalue weighted by Crippen LogP contribution is -2.32. The number of imide groups is 1. The Kier molecular flexibility index (Phi) is 5.02. The van der Waals surface area contributed by atoms with Crippen LogP contribution >= 0.6 is 0 Å². The van der Waals surface area contributed by atoms with E-state index in [-0.39, 0.29) is 18.8 Å². The van der Waals surface area contributed by atoms with Gasteiger partial charge in [0, 0.05) is 19.3 Å². The number of rotatable bonds is 5. The molecule has 11 heteroatoms. The van der Waals surface area contributed by atoms with E-state index in [0.717, 1.165) is 29.1 Å². The minimum absolute atomic E-state index is 0.142. The summed E-state index contributed by atoms with van der Waals surface area (Å²) in [5.41, 5.74) is 1.59. The first-order chi connectivity index (χ1) is 14.3. The van der Waals surface area contributed by atoms with Crippen molar-refractivity contribution in [1.82, 2.24) is 15.2 Å². The number of benzene rings is 1. The Morgan fingerprint density at radius 3 is 2.57 bits per heavy atom. The second-order valence-corrected chi connectivity index (χ2v) is 6.62. The Morgan fingerprint density at radius 2 is 1.90 bits per heavy atom. The molecule has 0 spiro atoms. The first-order valence-electron chi connectivity index (χ1n) is 9.01. The molecule has 3 amide bonds. The number of nitrogens with zero attached hydrogens (tertiary/aromatic N) is 4. The van der Waals surface area contributed by atoms with Crippen LogP contribution in [0.4, 0.5) is 23.7 Å². The first kappa shape index (κ1) is 19.7. The fourth-order valence-corrected chi connectivity index (χ4v) is 3.22. The summed E-state index contributed by atoms with van der Waals surface area (Å²) in [7, 11) is 0. The molecule has 3 heterocycles. The Bertz CT molecular complexity index is 1010. The number of amides is 3. The van der Waals surface area contributed by atoms with Gasteiger partial charge in [-0.2, -0.15) is 0 Å². The average molecular weight is 419 g/mol. The van der Waals surface area contributed by atoms with E-state index in [1.807, 2.05) is 0 Å². The zero-order valence-corrected chi connectivity index (χ0v) is 15.5. The largest absolute Gasteiger partial charge is 0.573 e. The van der Waals surface area contributed by atoms with Crippen LogP contribution in [0.1, 0.15) is 11.3 Å². The van der Waals surface area contributed by atoms with Crippen LogP contribution in [0.3, 0.4) is 0 Å². The summed E-state index contributed by atoms with van der Waals surface area (Å²) < 4.78 is 40.7. The molecule has 30 heavy (non-hydrogen) atoms. The number of aliphatic imine (C=N–C) groups is 1. The summed E-state index contributed by atoms with van der Waals surface area (Å²) in [5.74, 6) is -0.223. The van der Waals surface area contributed by atoms with Gasteiger partial charge in [-0.1, -0.05) is 0 Å². The Morgan fingerprint density at radius 1 is 1.13 bits per heavy atom. The molecule has 156 valence electrons. The lowest BCUT2D eigenvalue weighted by atomic mass is 10.2. The highest BCUT2D eigenvalue weighted by Crippen LogP contribution is 2.28. The lowest BCUT2D eigenvalue weighted by molar-refractivity contribution is -0.274. The SMILES string of the molecule is O=C1CN(Cc2ccnc(C3=NCCN3)c2)C(=O)N1c1ccc(OC(F)(F)F)cc1. The summed E-state index contributed by atoms with van der Waals surface area (Å²) >= 11 is 0. The van der Waals surface area contributed by atoms with Crippen molar-refractivity contribution in [3.8, 4) is 5.75 Å². The average Bonchev–Trinajstić information content (AvgIpc) is 3.31. The van der Waals surface area contributed by atoms with Crippen molar-refractivity contribution in [3.63, 3.8) is 0 Å². The van der Waals surface area contributed by atoms with E-state index in [4.69, 9.17) is 0 Å². The van der Waals surface area contributed by atoms with Crippen LogP contribution in [0.5, 0.6) is 5.75 Å². The zero-order chi connectivity index (χ0) is 21.3.